The quantitative estimate of drug-likeness (QED) is 0.899. The van der Waals surface area contributed by atoms with E-state index in [-0.39, 0.29) is 11.6 Å². The molecule has 0 saturated heterocycles. The number of nitrogens with one attached hydrogen (secondary N) is 1. The smallest absolute Gasteiger partial charge is 0.324 e. The average molecular weight is 307 g/mol. The molecule has 110 valence electrons. The molecule has 1 saturated carbocycles. The Balaban J connectivity index is 2.20. The highest BCUT2D eigenvalue weighted by Crippen LogP contribution is 2.39. The summed E-state index contributed by atoms with van der Waals surface area (Å²) in [4.78, 5) is 12.0. The number of benzene rings is 1. The van der Waals surface area contributed by atoms with Gasteiger partial charge in [0.2, 0.25) is 5.91 Å². The number of hydrogen-bond acceptors (Lipinski definition) is 2. The number of alkyl halides is 3. The highest BCUT2D eigenvalue weighted by Gasteiger charge is 2.44. The van der Waals surface area contributed by atoms with Gasteiger partial charge in [-0.3, -0.25) is 4.79 Å². The van der Waals surface area contributed by atoms with Crippen LogP contribution in [0.4, 0.5) is 18.9 Å². The number of anilines is 1. The zero-order valence-corrected chi connectivity index (χ0v) is 11.5. The van der Waals surface area contributed by atoms with Crippen LogP contribution in [0.1, 0.15) is 25.3 Å². The maximum atomic E-state index is 12.7. The number of carbonyl (C=O) groups excluding carboxylic acids is 1. The molecule has 1 aromatic carbocycles. The number of amides is 1. The van der Waals surface area contributed by atoms with Crippen molar-refractivity contribution in [1.29, 1.82) is 0 Å². The third-order valence-corrected chi connectivity index (χ3v) is 3.77. The van der Waals surface area contributed by atoms with Crippen LogP contribution in [0.25, 0.3) is 0 Å². The summed E-state index contributed by atoms with van der Waals surface area (Å²) >= 11 is 5.51. The SMILES string of the molecule is CC(N)(C(=O)Nc1ccc(Cl)c(C(F)(F)F)c1)C1CC1. The number of hydrogen-bond donors (Lipinski definition) is 2. The molecular formula is C13H14ClF3N2O. The topological polar surface area (TPSA) is 55.1 Å². The van der Waals surface area contributed by atoms with Gasteiger partial charge < -0.3 is 11.1 Å². The highest BCUT2D eigenvalue weighted by molar-refractivity contribution is 6.31. The Hall–Kier alpha value is -1.27. The van der Waals surface area contributed by atoms with E-state index in [2.05, 4.69) is 5.32 Å². The normalized spacial score (nSPS) is 18.5. The van der Waals surface area contributed by atoms with Crippen LogP contribution in [0.5, 0.6) is 0 Å². The van der Waals surface area contributed by atoms with Crippen molar-refractivity contribution >= 4 is 23.2 Å². The second-order valence-electron chi connectivity index (χ2n) is 5.20. The van der Waals surface area contributed by atoms with E-state index < -0.39 is 28.2 Å². The first-order chi connectivity index (χ1) is 9.12. The van der Waals surface area contributed by atoms with Crippen molar-refractivity contribution in [2.75, 3.05) is 5.32 Å². The van der Waals surface area contributed by atoms with Gasteiger partial charge in [-0.1, -0.05) is 11.6 Å². The second-order valence-corrected chi connectivity index (χ2v) is 5.61. The molecule has 0 radical (unpaired) electrons. The highest BCUT2D eigenvalue weighted by atomic mass is 35.5. The molecule has 1 unspecified atom stereocenters. The molecule has 1 amide bonds. The van der Waals surface area contributed by atoms with Crippen molar-refractivity contribution in [2.45, 2.75) is 31.5 Å². The minimum atomic E-state index is -4.57. The van der Waals surface area contributed by atoms with Crippen LogP contribution >= 0.6 is 11.6 Å². The lowest BCUT2D eigenvalue weighted by Gasteiger charge is -2.23. The summed E-state index contributed by atoms with van der Waals surface area (Å²) in [6.07, 6.45) is -2.86. The first kappa shape index (κ1) is 15.1. The van der Waals surface area contributed by atoms with Gasteiger partial charge >= 0.3 is 6.18 Å². The Morgan fingerprint density at radius 2 is 2.00 bits per heavy atom. The van der Waals surface area contributed by atoms with Crippen molar-refractivity contribution in [3.8, 4) is 0 Å². The molecule has 0 spiro atoms. The Morgan fingerprint density at radius 1 is 1.40 bits per heavy atom. The lowest BCUT2D eigenvalue weighted by atomic mass is 9.96. The zero-order chi connectivity index (χ0) is 15.1. The van der Waals surface area contributed by atoms with Gasteiger partial charge in [0.25, 0.3) is 0 Å². The Labute approximate surface area is 119 Å². The summed E-state index contributed by atoms with van der Waals surface area (Å²) in [7, 11) is 0. The zero-order valence-electron chi connectivity index (χ0n) is 10.7. The fraction of sp³-hybridized carbons (Fsp3) is 0.462. The maximum Gasteiger partial charge on any atom is 0.417 e. The molecule has 0 aliphatic heterocycles. The van der Waals surface area contributed by atoms with E-state index in [0.717, 1.165) is 25.0 Å². The molecule has 1 atom stereocenters. The van der Waals surface area contributed by atoms with E-state index in [1.807, 2.05) is 0 Å². The predicted molar refractivity (Wildman–Crippen MR) is 70.4 cm³/mol. The summed E-state index contributed by atoms with van der Waals surface area (Å²) in [5.74, 6) is -0.410. The van der Waals surface area contributed by atoms with Crippen LogP contribution in [-0.4, -0.2) is 11.4 Å². The summed E-state index contributed by atoms with van der Waals surface area (Å²) in [6, 6.07) is 3.23. The van der Waals surface area contributed by atoms with Gasteiger partial charge in [-0.2, -0.15) is 13.2 Å². The van der Waals surface area contributed by atoms with Crippen LogP contribution < -0.4 is 11.1 Å². The molecule has 7 heteroatoms. The minimum Gasteiger partial charge on any atom is -0.324 e. The molecule has 3 nitrogen and oxygen atoms in total. The Bertz CT molecular complexity index is 539. The van der Waals surface area contributed by atoms with Gasteiger partial charge in [0.1, 0.15) is 0 Å². The van der Waals surface area contributed by atoms with Crippen molar-refractivity contribution in [1.82, 2.24) is 0 Å². The molecule has 0 bridgehead atoms. The van der Waals surface area contributed by atoms with E-state index in [9.17, 15) is 18.0 Å². The van der Waals surface area contributed by atoms with Crippen molar-refractivity contribution < 1.29 is 18.0 Å². The van der Waals surface area contributed by atoms with E-state index in [0.29, 0.717) is 0 Å². The maximum absolute atomic E-state index is 12.7. The standard InChI is InChI=1S/C13H14ClF3N2O/c1-12(18,7-2-3-7)11(20)19-8-4-5-10(14)9(6-8)13(15,16)17/h4-7H,2-3,18H2,1H3,(H,19,20). The van der Waals surface area contributed by atoms with Gasteiger partial charge in [-0.05, 0) is 43.9 Å². The van der Waals surface area contributed by atoms with E-state index >= 15 is 0 Å². The van der Waals surface area contributed by atoms with Gasteiger partial charge in [0.15, 0.2) is 0 Å². The van der Waals surface area contributed by atoms with E-state index in [1.54, 1.807) is 6.92 Å². The molecule has 0 aromatic heterocycles. The fourth-order valence-corrected chi connectivity index (χ4v) is 2.18. The van der Waals surface area contributed by atoms with Crippen molar-refractivity contribution in [3.63, 3.8) is 0 Å². The number of nitrogens with two attached hydrogens (primary N) is 1. The second kappa shape index (κ2) is 4.93. The Morgan fingerprint density at radius 3 is 2.50 bits per heavy atom. The molecule has 20 heavy (non-hydrogen) atoms. The summed E-state index contributed by atoms with van der Waals surface area (Å²) in [5, 5.41) is 2.01. The number of carbonyl (C=O) groups is 1. The molecule has 2 rings (SSSR count). The van der Waals surface area contributed by atoms with Gasteiger partial charge in [-0.25, -0.2) is 0 Å². The monoisotopic (exact) mass is 306 g/mol. The van der Waals surface area contributed by atoms with Crippen LogP contribution in [0.15, 0.2) is 18.2 Å². The first-order valence-corrected chi connectivity index (χ1v) is 6.47. The largest absolute Gasteiger partial charge is 0.417 e. The van der Waals surface area contributed by atoms with Crippen molar-refractivity contribution in [2.24, 2.45) is 11.7 Å². The third-order valence-electron chi connectivity index (χ3n) is 3.44. The first-order valence-electron chi connectivity index (χ1n) is 6.09. The minimum absolute atomic E-state index is 0.0315. The summed E-state index contributed by atoms with van der Waals surface area (Å²) < 4.78 is 38.1. The number of halogens is 4. The van der Waals surface area contributed by atoms with E-state index in [1.165, 1.54) is 6.07 Å². The molecule has 1 fully saturated rings. The molecular weight excluding hydrogens is 293 g/mol. The van der Waals surface area contributed by atoms with Crippen LogP contribution in [0.2, 0.25) is 5.02 Å². The Kier molecular flexibility index (Phi) is 3.73. The number of rotatable bonds is 3. The molecule has 1 aliphatic carbocycles. The average Bonchev–Trinajstić information content (AvgIpc) is 3.14. The lowest BCUT2D eigenvalue weighted by Crippen LogP contribution is -2.50. The van der Waals surface area contributed by atoms with Gasteiger partial charge in [0, 0.05) is 5.69 Å². The summed E-state index contributed by atoms with van der Waals surface area (Å²) in [6.45, 7) is 1.58. The predicted octanol–water partition coefficient (Wildman–Crippen LogP) is 3.42. The van der Waals surface area contributed by atoms with Gasteiger partial charge in [-0.15, -0.1) is 0 Å². The van der Waals surface area contributed by atoms with E-state index in [4.69, 9.17) is 17.3 Å². The van der Waals surface area contributed by atoms with Gasteiger partial charge in [0.05, 0.1) is 16.1 Å². The molecule has 3 N–H and O–H groups in total. The third kappa shape index (κ3) is 3.07. The van der Waals surface area contributed by atoms with Crippen molar-refractivity contribution in [3.05, 3.63) is 28.8 Å². The molecule has 1 aliphatic rings. The molecule has 0 heterocycles. The van der Waals surface area contributed by atoms with Crippen LogP contribution in [0, 0.1) is 5.92 Å². The lowest BCUT2D eigenvalue weighted by molar-refractivity contribution is -0.137. The van der Waals surface area contributed by atoms with Crippen LogP contribution in [0.3, 0.4) is 0 Å². The van der Waals surface area contributed by atoms with Crippen LogP contribution in [-0.2, 0) is 11.0 Å². The summed E-state index contributed by atoms with van der Waals surface area (Å²) in [5.41, 5.74) is 3.88. The molecule has 1 aromatic rings. The fourth-order valence-electron chi connectivity index (χ4n) is 1.95.